The highest BCUT2D eigenvalue weighted by Gasteiger charge is 2.25. The minimum Gasteiger partial charge on any atom is -0.452 e. The van der Waals surface area contributed by atoms with E-state index in [9.17, 15) is 18.0 Å². The Bertz CT molecular complexity index is 1040. The Labute approximate surface area is 187 Å². The summed E-state index contributed by atoms with van der Waals surface area (Å²) in [5, 5.41) is 3.16. The van der Waals surface area contributed by atoms with Gasteiger partial charge in [0.2, 0.25) is 0 Å². The van der Waals surface area contributed by atoms with Crippen LogP contribution in [0.25, 0.3) is 0 Å². The van der Waals surface area contributed by atoms with Crippen LogP contribution in [0.4, 0.5) is 5.69 Å². The first-order chi connectivity index (χ1) is 14.7. The molecule has 9 heteroatoms. The summed E-state index contributed by atoms with van der Waals surface area (Å²) in [5.74, 6) is -1.22. The molecule has 0 saturated heterocycles. The second-order valence-electron chi connectivity index (χ2n) is 6.78. The van der Waals surface area contributed by atoms with Crippen molar-refractivity contribution >= 4 is 39.2 Å². The number of hydrogen-bond acceptors (Lipinski definition) is 5. The van der Waals surface area contributed by atoms with Crippen molar-refractivity contribution in [2.24, 2.45) is 0 Å². The Balaban J connectivity index is 2.23. The van der Waals surface area contributed by atoms with Crippen molar-refractivity contribution in [3.05, 3.63) is 71.8 Å². The highest BCUT2D eigenvalue weighted by Crippen LogP contribution is 2.25. The number of rotatable bonds is 10. The zero-order valence-corrected chi connectivity index (χ0v) is 18.9. The largest absolute Gasteiger partial charge is 0.452 e. The van der Waals surface area contributed by atoms with Crippen molar-refractivity contribution < 1.29 is 22.7 Å². The monoisotopic (exact) mass is 464 g/mol. The molecule has 0 aromatic heterocycles. The molecule has 1 atom stereocenters. The fraction of sp³-hybridized carbons (Fsp3) is 0.273. The van der Waals surface area contributed by atoms with Gasteiger partial charge in [-0.3, -0.25) is 9.10 Å². The van der Waals surface area contributed by atoms with Crippen molar-refractivity contribution in [1.29, 1.82) is 0 Å². The van der Waals surface area contributed by atoms with Crippen LogP contribution < -0.4 is 9.62 Å². The summed E-state index contributed by atoms with van der Waals surface area (Å²) in [5.41, 5.74) is 0.422. The first-order valence-electron chi connectivity index (χ1n) is 9.64. The van der Waals surface area contributed by atoms with Crippen LogP contribution in [0.15, 0.2) is 66.1 Å². The zero-order valence-electron chi connectivity index (χ0n) is 17.4. The second-order valence-corrected chi connectivity index (χ2v) is 9.08. The van der Waals surface area contributed by atoms with E-state index >= 15 is 0 Å². The molecule has 0 radical (unpaired) electrons. The van der Waals surface area contributed by atoms with Crippen LogP contribution >= 0.6 is 11.6 Å². The van der Waals surface area contributed by atoms with Crippen LogP contribution in [0.2, 0.25) is 5.02 Å². The van der Waals surface area contributed by atoms with E-state index in [1.54, 1.807) is 24.3 Å². The van der Waals surface area contributed by atoms with Crippen molar-refractivity contribution in [1.82, 2.24) is 5.32 Å². The second kappa shape index (κ2) is 11.0. The first kappa shape index (κ1) is 24.4. The van der Waals surface area contributed by atoms with Crippen LogP contribution in [0.3, 0.4) is 0 Å². The predicted molar refractivity (Wildman–Crippen MR) is 121 cm³/mol. The molecule has 0 saturated carbocycles. The first-order valence-corrected chi connectivity index (χ1v) is 11.5. The van der Waals surface area contributed by atoms with Gasteiger partial charge in [-0.1, -0.05) is 30.7 Å². The summed E-state index contributed by atoms with van der Waals surface area (Å²) in [6.07, 6.45) is 2.20. The van der Waals surface area contributed by atoms with Crippen molar-refractivity contribution in [3.8, 4) is 0 Å². The summed E-state index contributed by atoms with van der Waals surface area (Å²) in [4.78, 5) is 24.1. The molecule has 0 unspecified atom stereocenters. The number of hydrogen-bond donors (Lipinski definition) is 1. The Morgan fingerprint density at radius 2 is 1.90 bits per heavy atom. The lowest BCUT2D eigenvalue weighted by molar-refractivity contribution is -0.124. The van der Waals surface area contributed by atoms with Gasteiger partial charge in [0.25, 0.3) is 15.9 Å². The third-order valence-corrected chi connectivity index (χ3v) is 6.46. The number of anilines is 1. The molecule has 31 heavy (non-hydrogen) atoms. The number of carbonyl (C=O) groups is 2. The van der Waals surface area contributed by atoms with Crippen LogP contribution in [-0.4, -0.2) is 39.5 Å². The minimum atomic E-state index is -4.00. The van der Waals surface area contributed by atoms with Gasteiger partial charge in [-0.25, -0.2) is 13.2 Å². The molecule has 0 aliphatic heterocycles. The molecule has 0 fully saturated rings. The number of esters is 1. The molecule has 0 bridgehead atoms. The fourth-order valence-corrected chi connectivity index (χ4v) is 4.22. The van der Waals surface area contributed by atoms with Gasteiger partial charge in [0, 0.05) is 11.1 Å². The highest BCUT2D eigenvalue weighted by atomic mass is 35.5. The smallest absolute Gasteiger partial charge is 0.338 e. The van der Waals surface area contributed by atoms with Gasteiger partial charge in [-0.15, -0.1) is 6.58 Å². The summed E-state index contributed by atoms with van der Waals surface area (Å²) < 4.78 is 32.6. The van der Waals surface area contributed by atoms with Crippen molar-refractivity contribution in [2.75, 3.05) is 17.5 Å². The summed E-state index contributed by atoms with van der Waals surface area (Å²) in [6, 6.07) is 11.8. The number of sulfonamides is 1. The number of nitrogens with zero attached hydrogens (tertiary/aromatic N) is 1. The average Bonchev–Trinajstić information content (AvgIpc) is 2.76. The van der Waals surface area contributed by atoms with Gasteiger partial charge >= 0.3 is 5.97 Å². The lowest BCUT2D eigenvalue weighted by atomic mass is 10.2. The van der Waals surface area contributed by atoms with E-state index < -0.39 is 28.5 Å². The Morgan fingerprint density at radius 3 is 2.52 bits per heavy atom. The van der Waals surface area contributed by atoms with Crippen LogP contribution in [-0.2, 0) is 19.6 Å². The molecule has 166 valence electrons. The van der Waals surface area contributed by atoms with Gasteiger partial charge in [0.1, 0.15) is 0 Å². The van der Waals surface area contributed by atoms with E-state index in [0.717, 1.165) is 10.7 Å². The summed E-state index contributed by atoms with van der Waals surface area (Å²) in [6.45, 7) is 6.95. The van der Waals surface area contributed by atoms with E-state index in [4.69, 9.17) is 16.3 Å². The number of nitrogens with one attached hydrogen (secondary N) is 1. The van der Waals surface area contributed by atoms with Crippen LogP contribution in [0.5, 0.6) is 0 Å². The van der Waals surface area contributed by atoms with Gasteiger partial charge in [-0.2, -0.15) is 0 Å². The maximum absolute atomic E-state index is 13.2. The van der Waals surface area contributed by atoms with Crippen molar-refractivity contribution in [3.63, 3.8) is 0 Å². The molecule has 0 aliphatic carbocycles. The standard InChI is InChI=1S/C22H25ClN2O5S/c1-4-13-25(19-11-9-18(23)10-12-19)31(28,29)20-8-6-7-17(14-20)22(27)30-15-21(26)24-16(3)5-2/h4,6-12,14,16H,1,5,13,15H2,2-3H3,(H,24,26)/t16-/m1/s1. The minimum absolute atomic E-state index is 0.0204. The van der Waals surface area contributed by atoms with E-state index in [1.807, 2.05) is 13.8 Å². The van der Waals surface area contributed by atoms with Gasteiger partial charge in [-0.05, 0) is 55.8 Å². The SMILES string of the molecule is C=CCN(c1ccc(Cl)cc1)S(=O)(=O)c1cccc(C(=O)OCC(=O)N[C@H](C)CC)c1. The predicted octanol–water partition coefficient (Wildman–Crippen LogP) is 3.79. The van der Waals surface area contributed by atoms with Crippen LogP contribution in [0.1, 0.15) is 30.6 Å². The van der Waals surface area contributed by atoms with E-state index in [1.165, 1.54) is 30.3 Å². The Kier molecular flexibility index (Phi) is 8.65. The number of halogens is 1. The fourth-order valence-electron chi connectivity index (χ4n) is 2.61. The van der Waals surface area contributed by atoms with E-state index in [-0.39, 0.29) is 23.0 Å². The molecule has 1 N–H and O–H groups in total. The van der Waals surface area contributed by atoms with Crippen LogP contribution in [0, 0.1) is 0 Å². The number of amides is 1. The maximum atomic E-state index is 13.2. The molecule has 2 aromatic rings. The Morgan fingerprint density at radius 1 is 1.23 bits per heavy atom. The molecular formula is C22H25ClN2O5S. The molecule has 0 aliphatic rings. The number of ether oxygens (including phenoxy) is 1. The van der Waals surface area contributed by atoms with Crippen molar-refractivity contribution in [2.45, 2.75) is 31.2 Å². The molecule has 0 heterocycles. The third-order valence-electron chi connectivity index (χ3n) is 4.42. The average molecular weight is 465 g/mol. The molecule has 1 amide bonds. The lowest BCUT2D eigenvalue weighted by Crippen LogP contribution is -2.35. The maximum Gasteiger partial charge on any atom is 0.338 e. The highest BCUT2D eigenvalue weighted by molar-refractivity contribution is 7.92. The summed E-state index contributed by atoms with van der Waals surface area (Å²) in [7, 11) is -4.00. The quantitative estimate of drug-likeness (QED) is 0.426. The zero-order chi connectivity index (χ0) is 23.0. The molecule has 2 rings (SSSR count). The molecule has 2 aromatic carbocycles. The number of carbonyl (C=O) groups excluding carboxylic acids is 2. The molecule has 7 nitrogen and oxygen atoms in total. The molecular weight excluding hydrogens is 440 g/mol. The van der Waals surface area contributed by atoms with Gasteiger partial charge in [0.05, 0.1) is 22.7 Å². The lowest BCUT2D eigenvalue weighted by Gasteiger charge is -2.23. The third kappa shape index (κ3) is 6.57. The molecule has 0 spiro atoms. The van der Waals surface area contributed by atoms with E-state index in [2.05, 4.69) is 11.9 Å². The normalized spacial score (nSPS) is 12.0. The van der Waals surface area contributed by atoms with Gasteiger partial charge < -0.3 is 10.1 Å². The Hall–Kier alpha value is -2.84. The van der Waals surface area contributed by atoms with Gasteiger partial charge in [0.15, 0.2) is 6.61 Å². The summed E-state index contributed by atoms with van der Waals surface area (Å²) >= 11 is 5.90. The van der Waals surface area contributed by atoms with E-state index in [0.29, 0.717) is 10.7 Å². The number of benzene rings is 2. The topological polar surface area (TPSA) is 92.8 Å².